The smallest absolute Gasteiger partial charge is 0.236 e. The number of amides is 1. The number of rotatable bonds is 2. The van der Waals surface area contributed by atoms with Crippen LogP contribution in [0.4, 0.5) is 0 Å². The largest absolute Gasteiger partial charge is 0.274 e. The molecule has 0 saturated carbocycles. The lowest BCUT2D eigenvalue weighted by molar-refractivity contribution is -0.118. The van der Waals surface area contributed by atoms with Crippen LogP contribution < -0.4 is 5.43 Å². The zero-order valence-electron chi connectivity index (χ0n) is 10.2. The van der Waals surface area contributed by atoms with E-state index in [-0.39, 0.29) is 11.3 Å². The Morgan fingerprint density at radius 2 is 1.81 bits per heavy atom. The van der Waals surface area contributed by atoms with Crippen LogP contribution in [0.5, 0.6) is 0 Å². The van der Waals surface area contributed by atoms with Crippen molar-refractivity contribution in [2.24, 2.45) is 5.10 Å². The second-order valence-electron chi connectivity index (χ2n) is 4.80. The van der Waals surface area contributed by atoms with E-state index >= 15 is 0 Å². The molecular weight excluding hydrogens is 200 g/mol. The summed E-state index contributed by atoms with van der Waals surface area (Å²) in [6.07, 6.45) is 1.63. The molecule has 0 radical (unpaired) electrons. The minimum atomic E-state index is -0.164. The van der Waals surface area contributed by atoms with E-state index in [9.17, 15) is 4.79 Å². The predicted molar refractivity (Wildman–Crippen MR) is 66.6 cm³/mol. The van der Waals surface area contributed by atoms with Gasteiger partial charge in [0.15, 0.2) is 0 Å². The molecule has 0 fully saturated rings. The van der Waals surface area contributed by atoms with Crippen LogP contribution in [-0.2, 0) is 10.2 Å². The highest BCUT2D eigenvalue weighted by Crippen LogP contribution is 2.21. The van der Waals surface area contributed by atoms with Crippen molar-refractivity contribution in [2.45, 2.75) is 33.1 Å². The molecule has 0 bridgehead atoms. The summed E-state index contributed by atoms with van der Waals surface area (Å²) in [6.45, 7) is 7.95. The van der Waals surface area contributed by atoms with Gasteiger partial charge in [-0.3, -0.25) is 4.79 Å². The molecule has 0 aliphatic heterocycles. The first-order valence-corrected chi connectivity index (χ1v) is 5.30. The van der Waals surface area contributed by atoms with Gasteiger partial charge in [-0.15, -0.1) is 0 Å². The summed E-state index contributed by atoms with van der Waals surface area (Å²) in [4.78, 5) is 10.6. The first-order valence-electron chi connectivity index (χ1n) is 5.30. The molecule has 86 valence electrons. The maximum absolute atomic E-state index is 10.6. The molecule has 3 heteroatoms. The molecule has 0 saturated heterocycles. The Morgan fingerprint density at radius 3 is 2.25 bits per heavy atom. The highest BCUT2D eigenvalue weighted by Gasteiger charge is 2.12. The first kappa shape index (κ1) is 12.4. The van der Waals surface area contributed by atoms with Gasteiger partial charge in [-0.25, -0.2) is 5.43 Å². The van der Waals surface area contributed by atoms with Crippen molar-refractivity contribution in [3.8, 4) is 0 Å². The summed E-state index contributed by atoms with van der Waals surface area (Å²) < 4.78 is 0. The molecule has 16 heavy (non-hydrogen) atoms. The van der Waals surface area contributed by atoms with E-state index in [0.717, 1.165) is 5.56 Å². The molecule has 0 unspecified atom stereocenters. The van der Waals surface area contributed by atoms with E-state index in [1.807, 2.05) is 12.1 Å². The molecule has 3 nitrogen and oxygen atoms in total. The van der Waals surface area contributed by atoms with Gasteiger partial charge in [0.2, 0.25) is 5.91 Å². The van der Waals surface area contributed by atoms with E-state index in [4.69, 9.17) is 0 Å². The number of carbonyl (C=O) groups is 1. The maximum Gasteiger partial charge on any atom is 0.236 e. The van der Waals surface area contributed by atoms with E-state index in [0.29, 0.717) is 0 Å². The molecule has 1 amide bonds. The van der Waals surface area contributed by atoms with Crippen LogP contribution in [0.1, 0.15) is 38.8 Å². The molecule has 1 aromatic carbocycles. The predicted octanol–water partition coefficient (Wildman–Crippen LogP) is 2.45. The lowest BCUT2D eigenvalue weighted by Crippen LogP contribution is -2.12. The van der Waals surface area contributed by atoms with Gasteiger partial charge < -0.3 is 0 Å². The van der Waals surface area contributed by atoms with Crippen molar-refractivity contribution in [3.63, 3.8) is 0 Å². The van der Waals surface area contributed by atoms with E-state index in [2.05, 4.69) is 43.4 Å². The van der Waals surface area contributed by atoms with Gasteiger partial charge in [0.1, 0.15) is 0 Å². The number of benzene rings is 1. The van der Waals surface area contributed by atoms with Crippen molar-refractivity contribution >= 4 is 12.1 Å². The van der Waals surface area contributed by atoms with E-state index in [1.54, 1.807) is 6.21 Å². The summed E-state index contributed by atoms with van der Waals surface area (Å²) in [5, 5.41) is 3.81. The van der Waals surface area contributed by atoms with Gasteiger partial charge in [-0.1, -0.05) is 45.0 Å². The average Bonchev–Trinajstić information content (AvgIpc) is 2.16. The monoisotopic (exact) mass is 218 g/mol. The van der Waals surface area contributed by atoms with E-state index < -0.39 is 0 Å². The summed E-state index contributed by atoms with van der Waals surface area (Å²) >= 11 is 0. The van der Waals surface area contributed by atoms with Crippen LogP contribution in [0.2, 0.25) is 0 Å². The molecule has 0 aliphatic carbocycles. The van der Waals surface area contributed by atoms with Crippen molar-refractivity contribution < 1.29 is 4.79 Å². The summed E-state index contributed by atoms with van der Waals surface area (Å²) in [6, 6.07) is 8.14. The molecule has 0 aromatic heterocycles. The summed E-state index contributed by atoms with van der Waals surface area (Å²) in [7, 11) is 0. The molecule has 0 aliphatic rings. The Balaban J connectivity index is 2.72. The SMILES string of the molecule is CC(=O)NN=Cc1ccc(C(C)(C)C)cc1. The summed E-state index contributed by atoms with van der Waals surface area (Å²) in [5.41, 5.74) is 4.78. The van der Waals surface area contributed by atoms with Gasteiger partial charge in [-0.2, -0.15) is 5.10 Å². The third kappa shape index (κ3) is 3.85. The molecule has 1 rings (SSSR count). The van der Waals surface area contributed by atoms with Gasteiger partial charge in [0.05, 0.1) is 6.21 Å². The fraction of sp³-hybridized carbons (Fsp3) is 0.385. The second-order valence-corrected chi connectivity index (χ2v) is 4.80. The Hall–Kier alpha value is -1.64. The van der Waals surface area contributed by atoms with Crippen molar-refractivity contribution in [1.82, 2.24) is 5.43 Å². The zero-order chi connectivity index (χ0) is 12.2. The van der Waals surface area contributed by atoms with Crippen molar-refractivity contribution in [2.75, 3.05) is 0 Å². The Kier molecular flexibility index (Phi) is 3.82. The topological polar surface area (TPSA) is 41.5 Å². The number of nitrogens with one attached hydrogen (secondary N) is 1. The minimum absolute atomic E-state index is 0.160. The zero-order valence-corrected chi connectivity index (χ0v) is 10.2. The molecule has 0 heterocycles. The number of nitrogens with zero attached hydrogens (tertiary/aromatic N) is 1. The number of carbonyl (C=O) groups excluding carboxylic acids is 1. The quantitative estimate of drug-likeness (QED) is 0.601. The van der Waals surface area contributed by atoms with Crippen molar-refractivity contribution in [3.05, 3.63) is 35.4 Å². The fourth-order valence-electron chi connectivity index (χ4n) is 1.27. The minimum Gasteiger partial charge on any atom is -0.274 e. The lowest BCUT2D eigenvalue weighted by Gasteiger charge is -2.18. The molecule has 0 spiro atoms. The first-order chi connectivity index (χ1) is 7.39. The Morgan fingerprint density at radius 1 is 1.25 bits per heavy atom. The highest BCUT2D eigenvalue weighted by molar-refractivity contribution is 5.81. The van der Waals surface area contributed by atoms with Crippen LogP contribution >= 0.6 is 0 Å². The summed E-state index contributed by atoms with van der Waals surface area (Å²) in [5.74, 6) is -0.164. The highest BCUT2D eigenvalue weighted by atomic mass is 16.2. The Bertz CT molecular complexity index is 385. The number of hydrazone groups is 1. The molecule has 1 N–H and O–H groups in total. The van der Waals surface area contributed by atoms with Gasteiger partial charge in [-0.05, 0) is 16.5 Å². The van der Waals surface area contributed by atoms with Crippen molar-refractivity contribution in [1.29, 1.82) is 0 Å². The second kappa shape index (κ2) is 4.92. The molecular formula is C13H18N2O. The lowest BCUT2D eigenvalue weighted by atomic mass is 9.87. The number of hydrogen-bond acceptors (Lipinski definition) is 2. The average molecular weight is 218 g/mol. The van der Waals surface area contributed by atoms with Crippen LogP contribution in [0.3, 0.4) is 0 Å². The maximum atomic E-state index is 10.6. The van der Waals surface area contributed by atoms with Crippen LogP contribution in [0, 0.1) is 0 Å². The van der Waals surface area contributed by atoms with Gasteiger partial charge >= 0.3 is 0 Å². The van der Waals surface area contributed by atoms with Crippen LogP contribution in [0.15, 0.2) is 29.4 Å². The standard InChI is InChI=1S/C13H18N2O/c1-10(16)15-14-9-11-5-7-12(8-6-11)13(2,3)4/h5-9H,1-4H3,(H,15,16). The van der Waals surface area contributed by atoms with Gasteiger partial charge in [0.25, 0.3) is 0 Å². The third-order valence-corrected chi connectivity index (χ3v) is 2.21. The number of hydrogen-bond donors (Lipinski definition) is 1. The molecule has 0 atom stereocenters. The van der Waals surface area contributed by atoms with Crippen LogP contribution in [-0.4, -0.2) is 12.1 Å². The normalized spacial score (nSPS) is 11.8. The molecule has 1 aromatic rings. The third-order valence-electron chi connectivity index (χ3n) is 2.21. The van der Waals surface area contributed by atoms with Crippen LogP contribution in [0.25, 0.3) is 0 Å². The van der Waals surface area contributed by atoms with Gasteiger partial charge in [0, 0.05) is 6.92 Å². The Labute approximate surface area is 96.6 Å². The fourth-order valence-corrected chi connectivity index (χ4v) is 1.27. The van der Waals surface area contributed by atoms with E-state index in [1.165, 1.54) is 12.5 Å².